The Morgan fingerprint density at radius 3 is 0.467 bits per heavy atom. The molecular weight excluding hydrogens is 1080 g/mol. The van der Waals surface area contributed by atoms with Gasteiger partial charge in [0.15, 0.2) is 0 Å². The van der Waals surface area contributed by atoms with Crippen LogP contribution in [0.1, 0.15) is 248 Å². The Balaban J connectivity index is 0.000000389. The predicted octanol–water partition coefficient (Wildman–Crippen LogP) is 28.8. The molecule has 0 spiro atoms. The van der Waals surface area contributed by atoms with Gasteiger partial charge < -0.3 is 0 Å². The second kappa shape index (κ2) is 36.7. The van der Waals surface area contributed by atoms with Crippen LogP contribution in [0.2, 0.25) is 0 Å². The Morgan fingerprint density at radius 1 is 0.178 bits per heavy atom. The van der Waals surface area contributed by atoms with Crippen LogP contribution >= 0.6 is 0 Å². The molecule has 496 valence electrons. The van der Waals surface area contributed by atoms with Crippen molar-refractivity contribution >= 4 is 0 Å². The zero-order valence-corrected chi connectivity index (χ0v) is 59.1. The number of aryl methyl sites for hydroxylation is 7. The third-order valence-electron chi connectivity index (χ3n) is 22.9. The molecule has 0 heteroatoms. The van der Waals surface area contributed by atoms with Crippen molar-refractivity contribution in [1.29, 1.82) is 0 Å². The number of hydrogen-bond donors (Lipinski definition) is 0. The second-order valence-electron chi connectivity index (χ2n) is 30.8. The minimum atomic E-state index is 0. The molecular formula is C90H136. The smallest absolute Gasteiger partial charge is 0 e. The van der Waals surface area contributed by atoms with Crippen LogP contribution in [0.5, 0.6) is 0 Å². The van der Waals surface area contributed by atoms with E-state index in [-0.39, 0.29) is 8.56 Å². The van der Waals surface area contributed by atoms with Gasteiger partial charge in [-0.1, -0.05) is 308 Å². The lowest BCUT2D eigenvalue weighted by Crippen LogP contribution is -2.24. The van der Waals surface area contributed by atoms with Gasteiger partial charge in [0.1, 0.15) is 0 Å². The van der Waals surface area contributed by atoms with E-state index >= 15 is 0 Å². The van der Waals surface area contributed by atoms with Crippen molar-refractivity contribution in [3.05, 3.63) is 214 Å². The van der Waals surface area contributed by atoms with Gasteiger partial charge in [-0.2, -0.15) is 0 Å². The van der Waals surface area contributed by atoms with Crippen LogP contribution in [-0.4, -0.2) is 0 Å². The molecule has 6 saturated carbocycles. The molecule has 0 N–H and O–H groups in total. The average molecular weight is 1220 g/mol. The molecule has 0 saturated heterocycles. The number of hydrogen-bond acceptors (Lipinski definition) is 0. The highest BCUT2D eigenvalue weighted by Gasteiger charge is 2.32. The summed E-state index contributed by atoms with van der Waals surface area (Å²) < 4.78 is 0. The van der Waals surface area contributed by atoms with Crippen molar-refractivity contribution in [2.75, 3.05) is 0 Å². The highest BCUT2D eigenvalue weighted by molar-refractivity contribution is 5.65. The molecule has 6 aliphatic rings. The molecule has 0 atom stereocenters. The van der Waals surface area contributed by atoms with Gasteiger partial charge in [0.05, 0.1) is 0 Å². The van der Waals surface area contributed by atoms with Crippen molar-refractivity contribution in [3.8, 4) is 33.4 Å². The van der Waals surface area contributed by atoms with E-state index in [0.717, 1.165) is 71.0 Å². The van der Waals surface area contributed by atoms with E-state index in [9.17, 15) is 0 Å². The van der Waals surface area contributed by atoms with Gasteiger partial charge in [-0.25, -0.2) is 0 Å². The Hall–Kier alpha value is -5.46. The molecule has 6 fully saturated rings. The standard InChI is InChI=1S/C20H30.2C14H26.3C14H14.6H2/c1-15-3-7-17(8-4-15)19-11-13-20(14-12-19)18-9-5-16(2)6-10-18;5*1-11-3-7-13(8-4-11)14-9-5-12(2)6-10-14;;;;;;/h3-4,7-8,16,18-20H,5-6,9-14H2,1-2H3;2*11-14H,3-10H2,1-2H3;3*3-10H,1-2H3;6*1H. The topological polar surface area (TPSA) is 0 Å². The molecule has 0 nitrogen and oxygen atoms in total. The van der Waals surface area contributed by atoms with Crippen molar-refractivity contribution in [3.63, 3.8) is 0 Å². The fourth-order valence-corrected chi connectivity index (χ4v) is 16.0. The first-order chi connectivity index (χ1) is 43.5. The van der Waals surface area contributed by atoms with Crippen LogP contribution < -0.4 is 0 Å². The normalized spacial score (nSPS) is 26.5. The van der Waals surface area contributed by atoms with Gasteiger partial charge >= 0.3 is 0 Å². The lowest BCUT2D eigenvalue weighted by Gasteiger charge is -2.37. The van der Waals surface area contributed by atoms with Gasteiger partial charge in [-0.15, -0.1) is 0 Å². The molecule has 90 heavy (non-hydrogen) atoms. The quantitative estimate of drug-likeness (QED) is 0.149. The molecule has 0 aliphatic heterocycles. The Bertz CT molecular complexity index is 2610. The highest BCUT2D eigenvalue weighted by Crippen LogP contribution is 2.45. The molecule has 0 unspecified atom stereocenters. The van der Waals surface area contributed by atoms with E-state index < -0.39 is 0 Å². The van der Waals surface area contributed by atoms with Crippen molar-refractivity contribution in [1.82, 2.24) is 0 Å². The van der Waals surface area contributed by atoms with Crippen LogP contribution in [0.3, 0.4) is 0 Å². The fourth-order valence-electron chi connectivity index (χ4n) is 16.0. The zero-order chi connectivity index (χ0) is 63.8. The summed E-state index contributed by atoms with van der Waals surface area (Å²) in [7, 11) is 0. The van der Waals surface area contributed by atoms with E-state index in [1.54, 1.807) is 56.9 Å². The molecule has 7 aromatic rings. The lowest BCUT2D eigenvalue weighted by atomic mass is 9.68. The van der Waals surface area contributed by atoms with Crippen molar-refractivity contribution < 1.29 is 8.56 Å². The van der Waals surface area contributed by atoms with Gasteiger partial charge in [0, 0.05) is 8.56 Å². The third-order valence-corrected chi connectivity index (χ3v) is 22.9. The summed E-state index contributed by atoms with van der Waals surface area (Å²) in [6.07, 6.45) is 36.3. The summed E-state index contributed by atoms with van der Waals surface area (Å²) in [5, 5.41) is 0. The molecule has 0 amide bonds. The molecule has 0 aromatic heterocycles. The molecule has 7 aromatic carbocycles. The predicted molar refractivity (Wildman–Crippen MR) is 408 cm³/mol. The Labute approximate surface area is 561 Å². The van der Waals surface area contributed by atoms with Crippen LogP contribution in [0, 0.1) is 114 Å². The summed E-state index contributed by atoms with van der Waals surface area (Å²) in [5.74, 6) is 12.5. The first-order valence-electron chi connectivity index (χ1n) is 37.0. The largest absolute Gasteiger partial charge is 0.0625 e. The van der Waals surface area contributed by atoms with Gasteiger partial charge in [0.25, 0.3) is 0 Å². The minimum Gasteiger partial charge on any atom is -0.0625 e. The SMILES string of the molecule is CC1CCC(C2CCC(C)CC2)CC1.CC1CCC(C2CCC(C)CC2)CC1.Cc1ccc(-c2ccc(C)cc2)cc1.Cc1ccc(-c2ccc(C)cc2)cc1.Cc1ccc(-c2ccc(C)cc2)cc1.Cc1ccc(C2CCC(C3CCC(C)CC3)CC2)cc1.[HH].[HH].[HH].[HH].[HH].[HH]. The van der Waals surface area contributed by atoms with E-state index in [0.29, 0.717) is 0 Å². The number of benzene rings is 7. The van der Waals surface area contributed by atoms with E-state index in [1.807, 2.05) is 0 Å². The van der Waals surface area contributed by atoms with Crippen LogP contribution in [0.25, 0.3) is 33.4 Å². The van der Waals surface area contributed by atoms with Gasteiger partial charge in [-0.3, -0.25) is 0 Å². The Kier molecular flexibility index (Phi) is 28.7. The van der Waals surface area contributed by atoms with Gasteiger partial charge in [0.2, 0.25) is 0 Å². The maximum Gasteiger partial charge on any atom is 0 e. The lowest BCUT2D eigenvalue weighted by molar-refractivity contribution is 0.155. The third kappa shape index (κ3) is 23.6. The fraction of sp³-hybridized carbons (Fsp3) is 0.533. The molecule has 6 aliphatic carbocycles. The van der Waals surface area contributed by atoms with Crippen molar-refractivity contribution in [2.45, 2.75) is 243 Å². The second-order valence-corrected chi connectivity index (χ2v) is 30.8. The molecule has 0 bridgehead atoms. The summed E-state index contributed by atoms with van der Waals surface area (Å²) >= 11 is 0. The van der Waals surface area contributed by atoms with Crippen LogP contribution in [-0.2, 0) is 0 Å². The summed E-state index contributed by atoms with van der Waals surface area (Å²) in [6, 6.07) is 61.1. The maximum absolute atomic E-state index is 2.44. The molecule has 13 rings (SSSR count). The van der Waals surface area contributed by atoms with Gasteiger partial charge in [-0.05, 0) is 248 Å². The van der Waals surface area contributed by atoms with Crippen LogP contribution in [0.15, 0.2) is 170 Å². The van der Waals surface area contributed by atoms with E-state index in [2.05, 4.69) is 253 Å². The molecule has 0 radical (unpaired) electrons. The molecule has 0 heterocycles. The summed E-state index contributed by atoms with van der Waals surface area (Å²) in [5.41, 5.74) is 18.5. The van der Waals surface area contributed by atoms with E-state index in [1.165, 1.54) is 175 Å². The summed E-state index contributed by atoms with van der Waals surface area (Å²) in [6.45, 7) is 27.0. The van der Waals surface area contributed by atoms with Crippen molar-refractivity contribution in [2.24, 2.45) is 65.1 Å². The highest BCUT2D eigenvalue weighted by atomic mass is 14.4. The first-order valence-corrected chi connectivity index (χ1v) is 37.0. The Morgan fingerprint density at radius 2 is 0.311 bits per heavy atom. The van der Waals surface area contributed by atoms with Crippen LogP contribution in [0.4, 0.5) is 0 Å². The van der Waals surface area contributed by atoms with E-state index in [4.69, 9.17) is 0 Å². The average Bonchev–Trinajstić information content (AvgIpc) is 1.04. The minimum absolute atomic E-state index is 0. The first kappa shape index (κ1) is 70.4. The maximum atomic E-state index is 2.44. The monoisotopic (exact) mass is 1220 g/mol. The number of rotatable bonds is 7. The zero-order valence-electron chi connectivity index (χ0n) is 59.1. The summed E-state index contributed by atoms with van der Waals surface area (Å²) in [4.78, 5) is 0.